The highest BCUT2D eigenvalue weighted by Crippen LogP contribution is 2.40. The molecule has 1 aliphatic carbocycles. The molecule has 178 valence electrons. The smallest absolute Gasteiger partial charge is 0.293 e. The zero-order valence-electron chi connectivity index (χ0n) is 19.6. The standard InChI is InChI=1S/C27H26FN5O2/c1-16-5-6-30-23(9-16)25(19-3-4-19)32-26(34)21-12-18(15-33-7-8-35-27(33)29)11-20(13-21)24-17(2)10-22(28)14-31-24/h5-14,19,25,29H,3-4,15H2,1-2H3,(H,32,34). The van der Waals surface area contributed by atoms with Crippen LogP contribution < -0.4 is 11.0 Å². The molecule has 8 heteroatoms. The second kappa shape index (κ2) is 9.29. The molecule has 1 aliphatic rings. The molecular formula is C27H26FN5O2. The summed E-state index contributed by atoms with van der Waals surface area (Å²) in [5.74, 6) is -0.258. The fourth-order valence-electron chi connectivity index (χ4n) is 4.34. The van der Waals surface area contributed by atoms with Crippen LogP contribution in [-0.4, -0.2) is 20.4 Å². The van der Waals surface area contributed by atoms with E-state index in [9.17, 15) is 9.18 Å². The normalized spacial score (nSPS) is 14.0. The Labute approximate surface area is 202 Å². The molecule has 35 heavy (non-hydrogen) atoms. The molecule has 5 rings (SSSR count). The van der Waals surface area contributed by atoms with Crippen LogP contribution >= 0.6 is 0 Å². The Morgan fingerprint density at radius 2 is 2.06 bits per heavy atom. The molecule has 1 amide bonds. The van der Waals surface area contributed by atoms with Crippen molar-refractivity contribution in [1.82, 2.24) is 19.9 Å². The van der Waals surface area contributed by atoms with Gasteiger partial charge in [-0.1, -0.05) is 0 Å². The maximum atomic E-state index is 13.7. The number of benzene rings is 1. The van der Waals surface area contributed by atoms with Crippen LogP contribution in [0.5, 0.6) is 0 Å². The summed E-state index contributed by atoms with van der Waals surface area (Å²) in [5, 5.41) is 11.1. The molecule has 1 unspecified atom stereocenters. The second-order valence-electron chi connectivity index (χ2n) is 9.12. The average molecular weight is 472 g/mol. The van der Waals surface area contributed by atoms with E-state index in [1.807, 2.05) is 31.2 Å². The SMILES string of the molecule is Cc1ccnc(C(NC(=O)c2cc(Cn3ccoc3=N)cc(-c3ncc(F)cc3C)c2)C2CC2)c1. The van der Waals surface area contributed by atoms with Gasteiger partial charge in [0.2, 0.25) is 0 Å². The number of oxazole rings is 1. The largest absolute Gasteiger partial charge is 0.432 e. The van der Waals surface area contributed by atoms with Crippen molar-refractivity contribution in [2.75, 3.05) is 0 Å². The first-order valence-electron chi connectivity index (χ1n) is 11.6. The summed E-state index contributed by atoms with van der Waals surface area (Å²) in [4.78, 5) is 22.3. The van der Waals surface area contributed by atoms with Crippen LogP contribution in [0.15, 0.2) is 65.7 Å². The van der Waals surface area contributed by atoms with Crippen LogP contribution in [0, 0.1) is 31.0 Å². The number of aromatic nitrogens is 3. The van der Waals surface area contributed by atoms with Crippen molar-refractivity contribution in [2.24, 2.45) is 5.92 Å². The van der Waals surface area contributed by atoms with Gasteiger partial charge in [-0.15, -0.1) is 0 Å². The third kappa shape index (κ3) is 5.06. The summed E-state index contributed by atoms with van der Waals surface area (Å²) in [6.07, 6.45) is 8.16. The zero-order chi connectivity index (χ0) is 24.5. The van der Waals surface area contributed by atoms with Crippen LogP contribution in [-0.2, 0) is 6.54 Å². The van der Waals surface area contributed by atoms with Gasteiger partial charge >= 0.3 is 0 Å². The van der Waals surface area contributed by atoms with E-state index in [4.69, 9.17) is 9.83 Å². The molecule has 0 spiro atoms. The molecule has 1 fully saturated rings. The number of aryl methyl sites for hydroxylation is 2. The lowest BCUT2D eigenvalue weighted by molar-refractivity contribution is 0.0930. The highest BCUT2D eigenvalue weighted by molar-refractivity contribution is 5.96. The quantitative estimate of drug-likeness (QED) is 0.408. The van der Waals surface area contributed by atoms with Gasteiger partial charge < -0.3 is 9.73 Å². The first-order valence-corrected chi connectivity index (χ1v) is 11.6. The molecule has 3 aromatic heterocycles. The number of hydrogen-bond donors (Lipinski definition) is 2. The Balaban J connectivity index is 1.52. The van der Waals surface area contributed by atoms with Gasteiger partial charge in [0.15, 0.2) is 0 Å². The van der Waals surface area contributed by atoms with Crippen molar-refractivity contribution in [2.45, 2.75) is 39.3 Å². The number of hydrogen-bond acceptors (Lipinski definition) is 5. The maximum absolute atomic E-state index is 13.7. The Morgan fingerprint density at radius 3 is 2.74 bits per heavy atom. The number of carbonyl (C=O) groups excluding carboxylic acids is 1. The van der Waals surface area contributed by atoms with E-state index >= 15 is 0 Å². The Kier molecular flexibility index (Phi) is 6.03. The minimum absolute atomic E-state index is 0.0109. The van der Waals surface area contributed by atoms with Crippen LogP contribution in [0.1, 0.15) is 51.6 Å². The molecule has 1 saturated carbocycles. The predicted molar refractivity (Wildman–Crippen MR) is 128 cm³/mol. The third-order valence-corrected chi connectivity index (χ3v) is 6.24. The first kappa shape index (κ1) is 22.7. The van der Waals surface area contributed by atoms with E-state index in [1.54, 1.807) is 30.0 Å². The minimum atomic E-state index is -0.411. The van der Waals surface area contributed by atoms with Gasteiger partial charge in [0.25, 0.3) is 11.6 Å². The van der Waals surface area contributed by atoms with Gasteiger partial charge in [-0.25, -0.2) is 4.39 Å². The van der Waals surface area contributed by atoms with E-state index in [-0.39, 0.29) is 17.6 Å². The fourth-order valence-corrected chi connectivity index (χ4v) is 4.34. The number of carbonyl (C=O) groups is 1. The molecule has 1 aromatic carbocycles. The van der Waals surface area contributed by atoms with Crippen molar-refractivity contribution >= 4 is 5.91 Å². The van der Waals surface area contributed by atoms with E-state index in [0.29, 0.717) is 34.8 Å². The number of pyridine rings is 2. The van der Waals surface area contributed by atoms with Crippen molar-refractivity contribution < 1.29 is 13.6 Å². The lowest BCUT2D eigenvalue weighted by Gasteiger charge is -2.19. The van der Waals surface area contributed by atoms with E-state index in [0.717, 1.165) is 29.7 Å². The lowest BCUT2D eigenvalue weighted by Crippen LogP contribution is -2.30. The number of halogens is 1. The van der Waals surface area contributed by atoms with Gasteiger partial charge in [-0.05, 0) is 85.7 Å². The number of amides is 1. The zero-order valence-corrected chi connectivity index (χ0v) is 19.6. The molecule has 4 aromatic rings. The topological polar surface area (TPSA) is 96.8 Å². The highest BCUT2D eigenvalue weighted by atomic mass is 19.1. The predicted octanol–water partition coefficient (Wildman–Crippen LogP) is 4.70. The molecule has 1 atom stereocenters. The van der Waals surface area contributed by atoms with Crippen LogP contribution in [0.2, 0.25) is 0 Å². The molecule has 0 saturated heterocycles. The molecule has 7 nitrogen and oxygen atoms in total. The Hall–Kier alpha value is -4.07. The minimum Gasteiger partial charge on any atom is -0.432 e. The first-order chi connectivity index (χ1) is 16.9. The van der Waals surface area contributed by atoms with Gasteiger partial charge in [0, 0.05) is 23.5 Å². The van der Waals surface area contributed by atoms with Crippen molar-refractivity contribution in [3.05, 3.63) is 101 Å². The fraction of sp³-hybridized carbons (Fsp3) is 0.259. The number of nitrogens with zero attached hydrogens (tertiary/aromatic N) is 3. The summed E-state index contributed by atoms with van der Waals surface area (Å²) >= 11 is 0. The molecular weight excluding hydrogens is 445 g/mol. The van der Waals surface area contributed by atoms with Gasteiger partial charge in [-0.2, -0.15) is 0 Å². The van der Waals surface area contributed by atoms with Crippen LogP contribution in [0.25, 0.3) is 11.3 Å². The van der Waals surface area contributed by atoms with Gasteiger partial charge in [0.05, 0.1) is 30.2 Å². The van der Waals surface area contributed by atoms with Gasteiger partial charge in [0.1, 0.15) is 12.1 Å². The summed E-state index contributed by atoms with van der Waals surface area (Å²) in [7, 11) is 0. The van der Waals surface area contributed by atoms with E-state index in [1.165, 1.54) is 18.5 Å². The Morgan fingerprint density at radius 1 is 1.23 bits per heavy atom. The molecule has 3 heterocycles. The maximum Gasteiger partial charge on any atom is 0.293 e. The van der Waals surface area contributed by atoms with Crippen LogP contribution in [0.4, 0.5) is 4.39 Å². The number of nitrogens with one attached hydrogen (secondary N) is 2. The molecule has 0 aliphatic heterocycles. The molecule has 0 bridgehead atoms. The molecule has 2 N–H and O–H groups in total. The van der Waals surface area contributed by atoms with E-state index < -0.39 is 5.82 Å². The second-order valence-corrected chi connectivity index (χ2v) is 9.12. The number of rotatable bonds is 7. The molecule has 0 radical (unpaired) electrons. The summed E-state index contributed by atoms with van der Waals surface area (Å²) in [6, 6.07) is 10.7. The highest BCUT2D eigenvalue weighted by Gasteiger charge is 2.34. The van der Waals surface area contributed by atoms with Crippen molar-refractivity contribution in [1.29, 1.82) is 5.41 Å². The lowest BCUT2D eigenvalue weighted by atomic mass is 9.99. The summed E-state index contributed by atoms with van der Waals surface area (Å²) in [5.41, 5.74) is 5.22. The van der Waals surface area contributed by atoms with Gasteiger partial charge in [-0.3, -0.25) is 24.7 Å². The monoisotopic (exact) mass is 471 g/mol. The van der Waals surface area contributed by atoms with Crippen molar-refractivity contribution in [3.8, 4) is 11.3 Å². The summed E-state index contributed by atoms with van der Waals surface area (Å²) < 4.78 is 20.4. The third-order valence-electron chi connectivity index (χ3n) is 6.24. The summed E-state index contributed by atoms with van der Waals surface area (Å²) in [6.45, 7) is 4.14. The van der Waals surface area contributed by atoms with Crippen LogP contribution in [0.3, 0.4) is 0 Å². The average Bonchev–Trinajstić information content (AvgIpc) is 3.59. The van der Waals surface area contributed by atoms with Crippen molar-refractivity contribution in [3.63, 3.8) is 0 Å². The van der Waals surface area contributed by atoms with E-state index in [2.05, 4.69) is 15.3 Å². The Bertz CT molecular complexity index is 1450.